The highest BCUT2D eigenvalue weighted by atomic mass is 16.5. The van der Waals surface area contributed by atoms with Gasteiger partial charge in [-0.3, -0.25) is 0 Å². The molecule has 0 fully saturated rings. The molecule has 0 aliphatic heterocycles. The lowest BCUT2D eigenvalue weighted by Crippen LogP contribution is -2.12. The zero-order valence-corrected chi connectivity index (χ0v) is 15.8. The molecular weight excluding hydrogens is 354 g/mol. The number of benzene rings is 2. The highest BCUT2D eigenvalue weighted by molar-refractivity contribution is 5.91. The van der Waals surface area contributed by atoms with Gasteiger partial charge < -0.3 is 21.1 Å². The van der Waals surface area contributed by atoms with Crippen molar-refractivity contribution in [1.82, 2.24) is 9.97 Å². The molecule has 0 radical (unpaired) electrons. The fourth-order valence-corrected chi connectivity index (χ4v) is 2.72. The van der Waals surface area contributed by atoms with Gasteiger partial charge in [0.1, 0.15) is 12.0 Å². The van der Waals surface area contributed by atoms with Crippen LogP contribution < -0.4 is 16.4 Å². The molecule has 144 valence electrons. The van der Waals surface area contributed by atoms with Crippen LogP contribution in [0.3, 0.4) is 0 Å². The van der Waals surface area contributed by atoms with Crippen LogP contribution in [0.4, 0.5) is 23.0 Å². The molecule has 0 spiro atoms. The number of aromatic nitrogens is 2. The summed E-state index contributed by atoms with van der Waals surface area (Å²) in [4.78, 5) is 20.4. The third kappa shape index (κ3) is 4.56. The molecule has 0 saturated heterocycles. The molecule has 0 aliphatic carbocycles. The monoisotopic (exact) mass is 377 g/mol. The van der Waals surface area contributed by atoms with E-state index in [1.54, 1.807) is 25.1 Å². The molecule has 1 atom stereocenters. The van der Waals surface area contributed by atoms with Crippen molar-refractivity contribution in [2.75, 3.05) is 23.0 Å². The summed E-state index contributed by atoms with van der Waals surface area (Å²) in [5.74, 6) is 0.620. The van der Waals surface area contributed by atoms with Crippen molar-refractivity contribution < 1.29 is 9.53 Å². The first-order valence-corrected chi connectivity index (χ1v) is 9.04. The lowest BCUT2D eigenvalue weighted by molar-refractivity contribution is 0.0526. The highest BCUT2D eigenvalue weighted by Gasteiger charge is 2.13. The quantitative estimate of drug-likeness (QED) is 0.532. The minimum absolute atomic E-state index is 0.0263. The smallest absolute Gasteiger partial charge is 0.338 e. The largest absolute Gasteiger partial charge is 0.462 e. The number of esters is 1. The number of carbonyl (C=O) groups excluding carboxylic acids is 1. The van der Waals surface area contributed by atoms with Crippen molar-refractivity contribution in [2.45, 2.75) is 19.9 Å². The Labute approximate surface area is 164 Å². The molecule has 28 heavy (non-hydrogen) atoms. The van der Waals surface area contributed by atoms with Gasteiger partial charge in [-0.05, 0) is 37.6 Å². The SMILES string of the molecule is CCOC(=O)c1cccc(Nc2ncnc(NC(C)c3ccccc3)c2N)c1. The van der Waals surface area contributed by atoms with Gasteiger partial charge in [-0.2, -0.15) is 0 Å². The van der Waals surface area contributed by atoms with Gasteiger partial charge in [0.2, 0.25) is 0 Å². The first-order valence-electron chi connectivity index (χ1n) is 9.04. The first-order chi connectivity index (χ1) is 13.6. The van der Waals surface area contributed by atoms with E-state index in [0.29, 0.717) is 35.2 Å². The first kappa shape index (κ1) is 19.2. The van der Waals surface area contributed by atoms with Crippen LogP contribution in [-0.2, 0) is 4.74 Å². The lowest BCUT2D eigenvalue weighted by Gasteiger charge is -2.17. The number of nitrogens with two attached hydrogens (primary N) is 1. The summed E-state index contributed by atoms with van der Waals surface area (Å²) in [6.07, 6.45) is 1.44. The molecule has 1 heterocycles. The lowest BCUT2D eigenvalue weighted by atomic mass is 10.1. The topological polar surface area (TPSA) is 102 Å². The second-order valence-corrected chi connectivity index (χ2v) is 6.19. The van der Waals surface area contributed by atoms with Crippen molar-refractivity contribution in [3.8, 4) is 0 Å². The zero-order valence-electron chi connectivity index (χ0n) is 15.8. The third-order valence-electron chi connectivity index (χ3n) is 4.17. The standard InChI is InChI=1S/C21H23N5O2/c1-3-28-21(27)16-10-7-11-17(12-16)26-20-18(22)19(23-13-24-20)25-14(2)15-8-5-4-6-9-15/h4-14H,3,22H2,1-2H3,(H2,23,24,25,26). The molecule has 3 aromatic rings. The molecule has 1 aromatic heterocycles. The van der Waals surface area contributed by atoms with Gasteiger partial charge in [-0.25, -0.2) is 14.8 Å². The van der Waals surface area contributed by atoms with Crippen LogP contribution in [0.5, 0.6) is 0 Å². The Morgan fingerprint density at radius 1 is 1.11 bits per heavy atom. The number of nitrogen functional groups attached to an aromatic ring is 1. The van der Waals surface area contributed by atoms with Gasteiger partial charge in [0.15, 0.2) is 11.6 Å². The average Bonchev–Trinajstić information content (AvgIpc) is 2.72. The zero-order chi connectivity index (χ0) is 19.9. The number of nitrogens with zero attached hydrogens (tertiary/aromatic N) is 2. The summed E-state index contributed by atoms with van der Waals surface area (Å²) in [6, 6.07) is 17.0. The van der Waals surface area contributed by atoms with Crippen molar-refractivity contribution >= 4 is 29.0 Å². The van der Waals surface area contributed by atoms with Gasteiger partial charge in [0.05, 0.1) is 18.2 Å². The molecule has 0 bridgehead atoms. The molecule has 7 heteroatoms. The fraction of sp³-hybridized carbons (Fsp3) is 0.190. The Balaban J connectivity index is 1.78. The normalized spacial score (nSPS) is 11.5. The summed E-state index contributed by atoms with van der Waals surface area (Å²) in [7, 11) is 0. The molecule has 0 aliphatic rings. The predicted octanol–water partition coefficient (Wildman–Crippen LogP) is 4.15. The molecule has 7 nitrogen and oxygen atoms in total. The van der Waals surface area contributed by atoms with Crippen molar-refractivity contribution in [2.24, 2.45) is 0 Å². The Morgan fingerprint density at radius 3 is 2.61 bits per heavy atom. The van der Waals surface area contributed by atoms with E-state index in [-0.39, 0.29) is 12.0 Å². The fourth-order valence-electron chi connectivity index (χ4n) is 2.72. The van der Waals surface area contributed by atoms with Crippen LogP contribution in [0.25, 0.3) is 0 Å². The van der Waals surface area contributed by atoms with E-state index in [0.717, 1.165) is 5.56 Å². The van der Waals surface area contributed by atoms with Crippen LogP contribution in [0.1, 0.15) is 35.8 Å². The van der Waals surface area contributed by atoms with E-state index in [4.69, 9.17) is 10.5 Å². The van der Waals surface area contributed by atoms with Crippen LogP contribution in [0, 0.1) is 0 Å². The minimum atomic E-state index is -0.374. The number of rotatable bonds is 7. The van der Waals surface area contributed by atoms with Gasteiger partial charge in [-0.15, -0.1) is 0 Å². The van der Waals surface area contributed by atoms with Gasteiger partial charge in [0, 0.05) is 5.69 Å². The number of anilines is 4. The number of nitrogens with one attached hydrogen (secondary N) is 2. The van der Waals surface area contributed by atoms with Crippen molar-refractivity contribution in [3.63, 3.8) is 0 Å². The second kappa shape index (κ2) is 8.85. The molecule has 0 saturated carbocycles. The average molecular weight is 377 g/mol. The molecule has 4 N–H and O–H groups in total. The Hall–Kier alpha value is -3.61. The van der Waals surface area contributed by atoms with E-state index >= 15 is 0 Å². The predicted molar refractivity (Wildman–Crippen MR) is 111 cm³/mol. The maximum Gasteiger partial charge on any atom is 0.338 e. The van der Waals surface area contributed by atoms with Crippen LogP contribution in [0.2, 0.25) is 0 Å². The minimum Gasteiger partial charge on any atom is -0.462 e. The maximum absolute atomic E-state index is 11.9. The summed E-state index contributed by atoms with van der Waals surface area (Å²) in [5.41, 5.74) is 8.91. The van der Waals surface area contributed by atoms with E-state index in [1.807, 2.05) is 43.3 Å². The third-order valence-corrected chi connectivity index (χ3v) is 4.17. The van der Waals surface area contributed by atoms with Crippen LogP contribution >= 0.6 is 0 Å². The number of ether oxygens (including phenoxy) is 1. The molecule has 0 amide bonds. The van der Waals surface area contributed by atoms with Gasteiger partial charge >= 0.3 is 5.97 Å². The summed E-state index contributed by atoms with van der Waals surface area (Å²) < 4.78 is 5.03. The van der Waals surface area contributed by atoms with Crippen molar-refractivity contribution in [3.05, 3.63) is 72.1 Å². The Bertz CT molecular complexity index is 947. The Morgan fingerprint density at radius 2 is 1.86 bits per heavy atom. The molecule has 2 aromatic carbocycles. The van der Waals surface area contributed by atoms with Crippen LogP contribution in [-0.4, -0.2) is 22.5 Å². The van der Waals surface area contributed by atoms with Gasteiger partial charge in [0.25, 0.3) is 0 Å². The van der Waals surface area contributed by atoms with Crippen molar-refractivity contribution in [1.29, 1.82) is 0 Å². The Kier molecular flexibility index (Phi) is 6.06. The van der Waals surface area contributed by atoms with Crippen LogP contribution in [0.15, 0.2) is 60.9 Å². The number of hydrogen-bond donors (Lipinski definition) is 3. The highest BCUT2D eigenvalue weighted by Crippen LogP contribution is 2.28. The van der Waals surface area contributed by atoms with Gasteiger partial charge in [-0.1, -0.05) is 36.4 Å². The molecule has 3 rings (SSSR count). The summed E-state index contributed by atoms with van der Waals surface area (Å²) in [5, 5.41) is 6.45. The molecule has 1 unspecified atom stereocenters. The summed E-state index contributed by atoms with van der Waals surface area (Å²) >= 11 is 0. The maximum atomic E-state index is 11.9. The number of hydrogen-bond acceptors (Lipinski definition) is 7. The van der Waals surface area contributed by atoms with E-state index in [2.05, 4.69) is 20.6 Å². The van der Waals surface area contributed by atoms with E-state index in [1.165, 1.54) is 6.33 Å². The molecular formula is C21H23N5O2. The second-order valence-electron chi connectivity index (χ2n) is 6.19. The van der Waals surface area contributed by atoms with E-state index < -0.39 is 0 Å². The summed E-state index contributed by atoms with van der Waals surface area (Å²) in [6.45, 7) is 4.13. The number of carbonyl (C=O) groups is 1. The van der Waals surface area contributed by atoms with E-state index in [9.17, 15) is 4.79 Å².